The maximum atomic E-state index is 13.4. The molecule has 1 aliphatic rings. The number of nitrogens with zero attached hydrogens (tertiary/aromatic N) is 4. The van der Waals surface area contributed by atoms with Crippen LogP contribution in [0.5, 0.6) is 0 Å². The minimum absolute atomic E-state index is 0.00642. The molecule has 0 aliphatic carbocycles. The van der Waals surface area contributed by atoms with Crippen molar-refractivity contribution in [2.45, 2.75) is 32.4 Å². The Morgan fingerprint density at radius 3 is 2.75 bits per heavy atom. The molecule has 6 nitrogen and oxygen atoms in total. The smallest absolute Gasteiger partial charge is 0.254 e. The van der Waals surface area contributed by atoms with E-state index in [1.165, 1.54) is 5.56 Å². The van der Waals surface area contributed by atoms with E-state index in [1.807, 2.05) is 35.2 Å². The Balaban J connectivity index is 1.59. The number of carbonyl (C=O) groups excluding carboxylic acids is 1. The van der Waals surface area contributed by atoms with Crippen LogP contribution in [0.25, 0.3) is 5.69 Å². The van der Waals surface area contributed by atoms with Crippen LogP contribution in [0.3, 0.4) is 0 Å². The van der Waals surface area contributed by atoms with Crippen molar-refractivity contribution in [1.29, 1.82) is 0 Å². The van der Waals surface area contributed by atoms with E-state index in [4.69, 9.17) is 4.74 Å². The minimum Gasteiger partial charge on any atom is -0.376 e. The second-order valence-corrected chi connectivity index (χ2v) is 7.23. The molecule has 144 valence electrons. The summed E-state index contributed by atoms with van der Waals surface area (Å²) in [7, 11) is 0. The average molecular weight is 376 g/mol. The molecule has 1 fully saturated rings. The van der Waals surface area contributed by atoms with Gasteiger partial charge >= 0.3 is 0 Å². The fourth-order valence-electron chi connectivity index (χ4n) is 3.60. The minimum atomic E-state index is 0.00642. The van der Waals surface area contributed by atoms with E-state index >= 15 is 0 Å². The number of benzene rings is 2. The summed E-state index contributed by atoms with van der Waals surface area (Å²) >= 11 is 0. The lowest BCUT2D eigenvalue weighted by atomic mass is 10.1. The van der Waals surface area contributed by atoms with Crippen LogP contribution in [0.2, 0.25) is 0 Å². The van der Waals surface area contributed by atoms with Gasteiger partial charge in [-0.2, -0.15) is 0 Å². The highest BCUT2D eigenvalue weighted by Gasteiger charge is 2.24. The topological polar surface area (TPSA) is 60.2 Å². The highest BCUT2D eigenvalue weighted by Crippen LogP contribution is 2.19. The largest absolute Gasteiger partial charge is 0.376 e. The average Bonchev–Trinajstić information content (AvgIpc) is 3.41. The van der Waals surface area contributed by atoms with Gasteiger partial charge in [-0.3, -0.25) is 9.36 Å². The molecule has 6 heteroatoms. The van der Waals surface area contributed by atoms with Gasteiger partial charge in [0, 0.05) is 30.9 Å². The lowest BCUT2D eigenvalue weighted by molar-refractivity contribution is 0.0507. The van der Waals surface area contributed by atoms with E-state index < -0.39 is 0 Å². The summed E-state index contributed by atoms with van der Waals surface area (Å²) in [6.07, 6.45) is 5.41. The van der Waals surface area contributed by atoms with Crippen LogP contribution >= 0.6 is 0 Å². The molecule has 4 rings (SSSR count). The summed E-state index contributed by atoms with van der Waals surface area (Å²) in [5.41, 5.74) is 3.83. The van der Waals surface area contributed by atoms with Crippen molar-refractivity contribution in [1.82, 2.24) is 19.7 Å². The van der Waals surface area contributed by atoms with Crippen LogP contribution in [-0.4, -0.2) is 44.8 Å². The second-order valence-electron chi connectivity index (χ2n) is 7.23. The first-order valence-electron chi connectivity index (χ1n) is 9.60. The molecule has 2 heterocycles. The number of ether oxygens (including phenoxy) is 1. The normalized spacial score (nSPS) is 16.2. The van der Waals surface area contributed by atoms with Crippen molar-refractivity contribution in [3.05, 3.63) is 77.9 Å². The maximum Gasteiger partial charge on any atom is 0.254 e. The molecule has 1 atom stereocenters. The van der Waals surface area contributed by atoms with Crippen molar-refractivity contribution in [2.75, 3.05) is 13.2 Å². The Labute approximate surface area is 164 Å². The van der Waals surface area contributed by atoms with E-state index in [-0.39, 0.29) is 12.0 Å². The van der Waals surface area contributed by atoms with E-state index in [2.05, 4.69) is 35.3 Å². The maximum absolute atomic E-state index is 13.4. The molecule has 0 bridgehead atoms. The zero-order valence-corrected chi connectivity index (χ0v) is 16.0. The number of carbonyl (C=O) groups is 1. The molecule has 1 aliphatic heterocycles. The second kappa shape index (κ2) is 8.35. The van der Waals surface area contributed by atoms with Gasteiger partial charge in [0.2, 0.25) is 0 Å². The van der Waals surface area contributed by atoms with Crippen molar-refractivity contribution >= 4 is 5.91 Å². The number of rotatable bonds is 6. The molecule has 0 N–H and O–H groups in total. The lowest BCUT2D eigenvalue weighted by Crippen LogP contribution is -2.37. The molecule has 2 aromatic carbocycles. The van der Waals surface area contributed by atoms with E-state index in [1.54, 1.807) is 17.2 Å². The van der Waals surface area contributed by atoms with Gasteiger partial charge in [0.15, 0.2) is 0 Å². The summed E-state index contributed by atoms with van der Waals surface area (Å²) in [6, 6.07) is 15.9. The van der Waals surface area contributed by atoms with Crippen LogP contribution in [0.1, 0.15) is 34.3 Å². The third kappa shape index (κ3) is 4.28. The quantitative estimate of drug-likeness (QED) is 0.662. The van der Waals surface area contributed by atoms with Crippen LogP contribution in [0, 0.1) is 6.92 Å². The molecular formula is C22H24N4O2. The summed E-state index contributed by atoms with van der Waals surface area (Å²) in [5, 5.41) is 7.68. The van der Waals surface area contributed by atoms with Crippen LogP contribution < -0.4 is 0 Å². The highest BCUT2D eigenvalue weighted by molar-refractivity contribution is 5.94. The zero-order valence-electron chi connectivity index (χ0n) is 16.0. The van der Waals surface area contributed by atoms with Gasteiger partial charge in [-0.25, -0.2) is 0 Å². The number of aryl methyl sites for hydroxylation is 1. The van der Waals surface area contributed by atoms with Crippen LogP contribution in [-0.2, 0) is 11.3 Å². The standard InChI is InChI=1S/C22H24N4O2/c1-17-5-2-6-18(11-17)13-25(14-21-9-4-10-28-21)22(27)19-7-3-8-20(12-19)26-15-23-24-16-26/h2-3,5-8,11-12,15-16,21H,4,9-10,13-14H2,1H3/t21-/m0/s1. The van der Waals surface area contributed by atoms with Crippen LogP contribution in [0.4, 0.5) is 0 Å². The van der Waals surface area contributed by atoms with Gasteiger partial charge in [0.25, 0.3) is 5.91 Å². The zero-order chi connectivity index (χ0) is 19.3. The molecule has 0 saturated carbocycles. The predicted octanol–water partition coefficient (Wildman–Crippen LogP) is 3.40. The molecule has 0 radical (unpaired) electrons. The summed E-state index contributed by atoms with van der Waals surface area (Å²) < 4.78 is 7.59. The number of hydrogen-bond acceptors (Lipinski definition) is 4. The Morgan fingerprint density at radius 1 is 1.18 bits per heavy atom. The monoisotopic (exact) mass is 376 g/mol. The van der Waals surface area contributed by atoms with Crippen molar-refractivity contribution in [2.24, 2.45) is 0 Å². The molecule has 1 amide bonds. The fraction of sp³-hybridized carbons (Fsp3) is 0.318. The number of amides is 1. The number of hydrogen-bond donors (Lipinski definition) is 0. The van der Waals surface area contributed by atoms with Gasteiger partial charge in [-0.15, -0.1) is 10.2 Å². The molecule has 0 spiro atoms. The van der Waals surface area contributed by atoms with Gasteiger partial charge in [-0.05, 0) is 43.5 Å². The molecule has 0 unspecified atom stereocenters. The SMILES string of the molecule is Cc1cccc(CN(C[C@@H]2CCCO2)C(=O)c2cccc(-n3cnnc3)c2)c1. The first-order valence-corrected chi connectivity index (χ1v) is 9.60. The molecule has 1 aromatic heterocycles. The lowest BCUT2D eigenvalue weighted by Gasteiger charge is -2.26. The molecular weight excluding hydrogens is 352 g/mol. The highest BCUT2D eigenvalue weighted by atomic mass is 16.5. The third-order valence-electron chi connectivity index (χ3n) is 5.00. The first kappa shape index (κ1) is 18.4. The Kier molecular flexibility index (Phi) is 5.48. The van der Waals surface area contributed by atoms with Gasteiger partial charge in [0.1, 0.15) is 12.7 Å². The molecule has 3 aromatic rings. The molecule has 1 saturated heterocycles. The van der Waals surface area contributed by atoms with E-state index in [0.29, 0.717) is 18.7 Å². The third-order valence-corrected chi connectivity index (χ3v) is 5.00. The van der Waals surface area contributed by atoms with Gasteiger partial charge < -0.3 is 9.64 Å². The van der Waals surface area contributed by atoms with Crippen molar-refractivity contribution < 1.29 is 9.53 Å². The Hall–Kier alpha value is -2.99. The van der Waals surface area contributed by atoms with Crippen LogP contribution in [0.15, 0.2) is 61.2 Å². The van der Waals surface area contributed by atoms with E-state index in [9.17, 15) is 4.79 Å². The summed E-state index contributed by atoms with van der Waals surface area (Å²) in [6.45, 7) is 4.01. The van der Waals surface area contributed by atoms with Gasteiger partial charge in [-0.1, -0.05) is 35.9 Å². The predicted molar refractivity (Wildman–Crippen MR) is 106 cm³/mol. The summed E-state index contributed by atoms with van der Waals surface area (Å²) in [4.78, 5) is 15.3. The first-order chi connectivity index (χ1) is 13.7. The number of aromatic nitrogens is 3. The van der Waals surface area contributed by atoms with Gasteiger partial charge in [0.05, 0.1) is 6.10 Å². The van der Waals surface area contributed by atoms with E-state index in [0.717, 1.165) is 30.7 Å². The molecule has 28 heavy (non-hydrogen) atoms. The summed E-state index contributed by atoms with van der Waals surface area (Å²) in [5.74, 6) is 0.00642. The Morgan fingerprint density at radius 2 is 2.00 bits per heavy atom. The van der Waals surface area contributed by atoms with Crippen molar-refractivity contribution in [3.63, 3.8) is 0 Å². The van der Waals surface area contributed by atoms with Crippen molar-refractivity contribution in [3.8, 4) is 5.69 Å². The Bertz CT molecular complexity index is 933. The fourth-order valence-corrected chi connectivity index (χ4v) is 3.60.